The number of carboxylic acid groups (broad SMARTS) is 4. The number of piperazine rings is 4. The fourth-order valence-electron chi connectivity index (χ4n) is 15.1. The zero-order valence-electron chi connectivity index (χ0n) is 70.6. The van der Waals surface area contributed by atoms with Gasteiger partial charge in [-0.3, -0.25) is 38.8 Å². The van der Waals surface area contributed by atoms with Gasteiger partial charge < -0.3 is 73.9 Å². The normalized spacial score (nSPS) is 16.6. The van der Waals surface area contributed by atoms with Crippen LogP contribution in [0, 0.1) is 34.4 Å². The van der Waals surface area contributed by atoms with Crippen LogP contribution in [0.5, 0.6) is 63.2 Å². The summed E-state index contributed by atoms with van der Waals surface area (Å²) < 4.78 is 46.6. The number of halogens is 4. The number of carbonyl (C=O) groups is 4. The molecule has 650 valence electrons. The van der Waals surface area contributed by atoms with Gasteiger partial charge in [-0.2, -0.15) is 0 Å². The maximum Gasteiger partial charge on any atom is 0.310 e. The number of ether oxygens (including phenoxy) is 5. The molecule has 6 N–H and O–H groups in total. The van der Waals surface area contributed by atoms with Gasteiger partial charge in [-0.15, -0.1) is 0 Å². The monoisotopic (exact) mass is 1870 g/mol. The number of carboxylic acids is 4. The second-order valence-electron chi connectivity index (χ2n) is 34.3. The van der Waals surface area contributed by atoms with E-state index in [4.69, 9.17) is 43.7 Å². The van der Waals surface area contributed by atoms with Gasteiger partial charge in [0.15, 0.2) is 23.0 Å². The van der Waals surface area contributed by atoms with Gasteiger partial charge in [0.1, 0.15) is 92.2 Å². The van der Waals surface area contributed by atoms with Crippen LogP contribution in [0.2, 0.25) is 0 Å². The van der Waals surface area contributed by atoms with E-state index in [2.05, 4.69) is 93.1 Å². The third kappa shape index (κ3) is 22.1. The van der Waals surface area contributed by atoms with E-state index in [0.717, 1.165) is 160 Å². The fourth-order valence-corrected chi connectivity index (χ4v) is 16.2. The first kappa shape index (κ1) is 90.1. The molecule has 8 heterocycles. The van der Waals surface area contributed by atoms with Crippen LogP contribution in [-0.2, 0) is 19.2 Å². The molecule has 123 heavy (non-hydrogen) atoms. The van der Waals surface area contributed by atoms with Crippen LogP contribution in [0.3, 0.4) is 0 Å². The van der Waals surface area contributed by atoms with Crippen molar-refractivity contribution in [3.63, 3.8) is 0 Å². The molecule has 0 saturated carbocycles. The number of hydrogen-bond donors (Lipinski definition) is 6. The highest BCUT2D eigenvalue weighted by Crippen LogP contribution is 2.46. The minimum Gasteiger partial charge on any atom is -0.508 e. The van der Waals surface area contributed by atoms with Crippen molar-refractivity contribution in [2.45, 2.75) is 75.2 Å². The van der Waals surface area contributed by atoms with Crippen molar-refractivity contribution in [1.29, 1.82) is 0 Å². The van der Waals surface area contributed by atoms with Crippen molar-refractivity contribution >= 4 is 118 Å². The number of fused-ring (bicyclic) bond motifs is 8. The van der Waals surface area contributed by atoms with E-state index in [1.165, 1.54) is 12.1 Å². The molecule has 0 unspecified atom stereocenters. The van der Waals surface area contributed by atoms with E-state index in [0.29, 0.717) is 123 Å². The predicted octanol–water partition coefficient (Wildman–Crippen LogP) is 17.3. The SMILES string of the molecule is CC(C)(CCN1CCN(C2=Nc3cc(Br)ccc3Oc3ccc(Br)cc32)CC1)C(=O)O.CC(C)(CCN1CCN(C2=Nc3cc(O)ccc3Oc3ccc(O)cc32)CC1)C(=O)O.COc1ccc2c(c1)N=C(N1CCN(CC(C)(C)C(=O)O)CC1)c1ccc(F)cc1O2.Cc1ccc2c(c1)N=C(N1CCN(CC(C)(C)C(=O)O)CC1)c1cc(Br)ccc1O2. The van der Waals surface area contributed by atoms with Crippen molar-refractivity contribution in [3.8, 4) is 63.2 Å². The number of amidine groups is 4. The van der Waals surface area contributed by atoms with Crippen molar-refractivity contribution in [3.05, 3.63) is 193 Å². The quantitative estimate of drug-likeness (QED) is 0.0555. The maximum absolute atomic E-state index is 14.0. The molecule has 8 aromatic carbocycles. The molecule has 0 bridgehead atoms. The zero-order chi connectivity index (χ0) is 88.0. The lowest BCUT2D eigenvalue weighted by atomic mass is 9.89. The minimum absolute atomic E-state index is 0.102. The molecule has 0 radical (unpaired) electrons. The van der Waals surface area contributed by atoms with Crippen LogP contribution < -0.4 is 23.7 Å². The van der Waals surface area contributed by atoms with Crippen LogP contribution in [0.15, 0.2) is 179 Å². The molecule has 0 amide bonds. The molecular formula is C92H104Br3FN12O15. The highest BCUT2D eigenvalue weighted by Gasteiger charge is 2.38. The third-order valence-corrected chi connectivity index (χ3v) is 24.5. The molecular weight excluding hydrogens is 1770 g/mol. The number of phenolic OH excluding ortho intramolecular Hbond substituents is 2. The van der Waals surface area contributed by atoms with Gasteiger partial charge in [-0.1, -0.05) is 53.9 Å². The van der Waals surface area contributed by atoms with Crippen molar-refractivity contribution in [2.75, 3.05) is 138 Å². The lowest BCUT2D eigenvalue weighted by molar-refractivity contribution is -0.149. The number of nitrogens with zero attached hydrogens (tertiary/aromatic N) is 12. The summed E-state index contributed by atoms with van der Waals surface area (Å²) in [6, 6.07) is 43.4. The molecule has 0 aromatic heterocycles. The van der Waals surface area contributed by atoms with E-state index >= 15 is 0 Å². The number of benzene rings is 8. The Bertz CT molecular complexity index is 5250. The van der Waals surface area contributed by atoms with Crippen LogP contribution in [-0.4, -0.2) is 255 Å². The molecule has 8 aliphatic rings. The second-order valence-corrected chi connectivity index (χ2v) is 37.0. The molecule has 31 heteroatoms. The first-order valence-electron chi connectivity index (χ1n) is 41.0. The Hall–Kier alpha value is -10.7. The average molecular weight is 1880 g/mol. The summed E-state index contributed by atoms with van der Waals surface area (Å²) in [5.41, 5.74) is 4.19. The first-order valence-corrected chi connectivity index (χ1v) is 43.4. The van der Waals surface area contributed by atoms with E-state index < -0.39 is 45.5 Å². The van der Waals surface area contributed by atoms with Crippen molar-refractivity contribution in [2.24, 2.45) is 41.6 Å². The summed E-state index contributed by atoms with van der Waals surface area (Å²) in [4.78, 5) is 83.2. The highest BCUT2D eigenvalue weighted by atomic mass is 79.9. The summed E-state index contributed by atoms with van der Waals surface area (Å²) in [5.74, 6) is 5.72. The molecule has 8 aliphatic heterocycles. The summed E-state index contributed by atoms with van der Waals surface area (Å²) in [5, 5.41) is 57.5. The Balaban J connectivity index is 0.000000141. The number of phenols is 2. The number of aliphatic carboxylic acids is 4. The second kappa shape index (κ2) is 38.2. The summed E-state index contributed by atoms with van der Waals surface area (Å²) >= 11 is 10.7. The van der Waals surface area contributed by atoms with Gasteiger partial charge in [0, 0.05) is 149 Å². The first-order chi connectivity index (χ1) is 58.4. The molecule has 16 rings (SSSR count). The Labute approximate surface area is 740 Å². The molecule has 0 aliphatic carbocycles. The summed E-state index contributed by atoms with van der Waals surface area (Å²) in [6.45, 7) is 30.9. The molecule has 4 fully saturated rings. The Morgan fingerprint density at radius 1 is 0.366 bits per heavy atom. The molecule has 0 atom stereocenters. The number of hydrogen-bond acceptors (Lipinski definition) is 23. The number of aliphatic imine (C=N–C) groups is 4. The summed E-state index contributed by atoms with van der Waals surface area (Å²) in [7, 11) is 1.59. The van der Waals surface area contributed by atoms with E-state index in [-0.39, 0.29) is 17.3 Å². The smallest absolute Gasteiger partial charge is 0.310 e. The average Bonchev–Trinajstić information content (AvgIpc) is 1.67. The number of rotatable bonds is 15. The van der Waals surface area contributed by atoms with Gasteiger partial charge in [0.2, 0.25) is 0 Å². The van der Waals surface area contributed by atoms with Gasteiger partial charge in [0.25, 0.3) is 0 Å². The van der Waals surface area contributed by atoms with E-state index in [1.54, 1.807) is 123 Å². The summed E-state index contributed by atoms with van der Waals surface area (Å²) in [6.07, 6.45) is 1.22. The molecule has 4 saturated heterocycles. The Morgan fingerprint density at radius 2 is 0.691 bits per heavy atom. The Kier molecular flexibility index (Phi) is 28.0. The van der Waals surface area contributed by atoms with E-state index in [9.17, 15) is 54.2 Å². The van der Waals surface area contributed by atoms with Crippen LogP contribution >= 0.6 is 47.8 Å². The topological polar surface area (TPSA) is 311 Å². The van der Waals surface area contributed by atoms with E-state index in [1.807, 2.05) is 73.7 Å². The number of aryl methyl sites for hydroxylation is 1. The zero-order valence-corrected chi connectivity index (χ0v) is 75.4. The van der Waals surface area contributed by atoms with Crippen LogP contribution in [0.1, 0.15) is 96.0 Å². The lowest BCUT2D eigenvalue weighted by Gasteiger charge is -2.39. The lowest BCUT2D eigenvalue weighted by Crippen LogP contribution is -2.52. The Morgan fingerprint density at radius 3 is 1.11 bits per heavy atom. The molecule has 8 aromatic rings. The molecule has 0 spiro atoms. The van der Waals surface area contributed by atoms with Gasteiger partial charge in [0.05, 0.1) is 51.0 Å². The van der Waals surface area contributed by atoms with Gasteiger partial charge in [-0.05, 0) is 215 Å². The standard InChI is InChI=1S/C23H25Br2N3O3.C23H26BrN3O3.C23H26FN3O4.C23H27N3O5/c1-23(2,22(29)30)7-8-27-9-11-28(12-10-27)21-17-13-15(24)3-5-19(17)31-20-6-4-16(25)14-18(20)26-21;1-15-4-6-20-18(12-15)25-21(17-13-16(24)5-7-19(17)30-20)27-10-8-26(9-11-27)14-23(2,3)22(28)29;1-23(2,22(28)29)14-26-8-10-27(11-9-26)21-17-6-4-15(24)12-20(17)31-19-7-5-16(30-3)13-18(19)25-21;1-23(2,22(29)30)7-8-25-9-11-26(12-10-25)21-17-13-15(27)3-5-19(17)31-20-6-4-16(28)14-18(20)24-21/h3-6,13-14H,7-12H2,1-2H3,(H,29,30);4-7,12-13H,8-11,14H2,1-3H3,(H,28,29);4-7,12-13H,8-11,14H2,1-3H3,(H,28,29);3-6,13-14,27-28H,7-12H2,1-2H3,(H,29,30). The third-order valence-electron chi connectivity index (χ3n) is 23.0. The molecule has 27 nitrogen and oxygen atoms in total. The maximum atomic E-state index is 14.0. The van der Waals surface area contributed by atoms with Gasteiger partial charge in [-0.25, -0.2) is 24.4 Å². The fraction of sp³-hybridized carbons (Fsp3) is 0.391. The van der Waals surface area contributed by atoms with Crippen LogP contribution in [0.4, 0.5) is 27.1 Å². The number of aromatic hydroxyl groups is 2. The minimum atomic E-state index is -0.810. The predicted molar refractivity (Wildman–Crippen MR) is 481 cm³/mol. The largest absolute Gasteiger partial charge is 0.508 e. The van der Waals surface area contributed by atoms with Crippen molar-refractivity contribution < 1.29 is 77.9 Å². The number of methoxy groups -OCH3 is 1. The van der Waals surface area contributed by atoms with Crippen LogP contribution in [0.25, 0.3) is 0 Å². The van der Waals surface area contributed by atoms with Crippen molar-refractivity contribution in [1.82, 2.24) is 39.2 Å². The highest BCUT2D eigenvalue weighted by molar-refractivity contribution is 9.11. The van der Waals surface area contributed by atoms with Gasteiger partial charge >= 0.3 is 23.9 Å².